The summed E-state index contributed by atoms with van der Waals surface area (Å²) in [6.07, 6.45) is 1.40. The minimum atomic E-state index is 0.539. The van der Waals surface area contributed by atoms with Crippen molar-refractivity contribution in [2.75, 3.05) is 20.2 Å². The van der Waals surface area contributed by atoms with Crippen LogP contribution in [-0.4, -0.2) is 30.3 Å². The van der Waals surface area contributed by atoms with Gasteiger partial charge in [-0.25, -0.2) is 0 Å². The molecule has 2 aromatic rings. The van der Waals surface area contributed by atoms with Crippen LogP contribution in [0.15, 0.2) is 28.8 Å². The number of rotatable bonds is 7. The Morgan fingerprint density at radius 2 is 2.21 bits per heavy atom. The molecule has 1 aromatic carbocycles. The van der Waals surface area contributed by atoms with Crippen LogP contribution in [0, 0.1) is 6.92 Å². The Hall–Kier alpha value is -1.88. The Labute approximate surface area is 113 Å². The topological polar surface area (TPSA) is 60.2 Å². The number of ether oxygens (including phenoxy) is 1. The standard InChI is InChI=1S/C14H19N3O2/c1-11-4-3-5-12(10-11)18-9-7-14-16-13(17-19-14)6-8-15-2/h3-5,10,15H,6-9H2,1-2H3. The van der Waals surface area contributed by atoms with Crippen LogP contribution in [0.1, 0.15) is 17.3 Å². The van der Waals surface area contributed by atoms with Crippen molar-refractivity contribution < 1.29 is 9.26 Å². The summed E-state index contributed by atoms with van der Waals surface area (Å²) in [6.45, 7) is 3.43. The Kier molecular flexibility index (Phi) is 4.92. The van der Waals surface area contributed by atoms with Gasteiger partial charge in [-0.15, -0.1) is 0 Å². The number of benzene rings is 1. The van der Waals surface area contributed by atoms with E-state index in [1.807, 2.05) is 38.2 Å². The minimum Gasteiger partial charge on any atom is -0.493 e. The van der Waals surface area contributed by atoms with Gasteiger partial charge in [-0.1, -0.05) is 17.3 Å². The smallest absolute Gasteiger partial charge is 0.230 e. The number of aryl methyl sites for hydroxylation is 1. The molecule has 0 radical (unpaired) electrons. The molecule has 0 unspecified atom stereocenters. The number of nitrogens with zero attached hydrogens (tertiary/aromatic N) is 2. The molecular formula is C14H19N3O2. The van der Waals surface area contributed by atoms with Crippen LogP contribution < -0.4 is 10.1 Å². The van der Waals surface area contributed by atoms with E-state index in [-0.39, 0.29) is 0 Å². The molecule has 0 aliphatic rings. The first kappa shape index (κ1) is 13.5. The van der Waals surface area contributed by atoms with Gasteiger partial charge < -0.3 is 14.6 Å². The van der Waals surface area contributed by atoms with E-state index in [9.17, 15) is 0 Å². The molecule has 1 aromatic heterocycles. The van der Waals surface area contributed by atoms with E-state index in [0.717, 1.165) is 24.5 Å². The maximum absolute atomic E-state index is 5.64. The van der Waals surface area contributed by atoms with Gasteiger partial charge in [0.2, 0.25) is 5.89 Å². The fourth-order valence-corrected chi connectivity index (χ4v) is 1.69. The molecule has 1 heterocycles. The average molecular weight is 261 g/mol. The molecular weight excluding hydrogens is 242 g/mol. The third-order valence-electron chi connectivity index (χ3n) is 2.68. The number of hydrogen-bond donors (Lipinski definition) is 1. The van der Waals surface area contributed by atoms with Crippen LogP contribution in [0.2, 0.25) is 0 Å². The van der Waals surface area contributed by atoms with E-state index in [0.29, 0.717) is 18.9 Å². The molecule has 0 bridgehead atoms. The zero-order valence-corrected chi connectivity index (χ0v) is 11.3. The van der Waals surface area contributed by atoms with E-state index < -0.39 is 0 Å². The number of likely N-dealkylation sites (N-methyl/N-ethyl adjacent to an activating group) is 1. The van der Waals surface area contributed by atoms with Gasteiger partial charge in [0.1, 0.15) is 5.75 Å². The zero-order chi connectivity index (χ0) is 13.5. The summed E-state index contributed by atoms with van der Waals surface area (Å²) < 4.78 is 10.8. The van der Waals surface area contributed by atoms with E-state index in [1.54, 1.807) is 0 Å². The molecule has 0 amide bonds. The lowest BCUT2D eigenvalue weighted by Crippen LogP contribution is -2.11. The SMILES string of the molecule is CNCCc1noc(CCOc2cccc(C)c2)n1. The third-order valence-corrected chi connectivity index (χ3v) is 2.68. The second-order valence-electron chi connectivity index (χ2n) is 4.37. The predicted octanol–water partition coefficient (Wildman–Crippen LogP) is 1.76. The molecule has 0 aliphatic heterocycles. The second kappa shape index (κ2) is 6.89. The molecule has 19 heavy (non-hydrogen) atoms. The average Bonchev–Trinajstić information content (AvgIpc) is 2.84. The van der Waals surface area contributed by atoms with Gasteiger partial charge in [-0.05, 0) is 31.7 Å². The molecule has 0 aliphatic carbocycles. The maximum Gasteiger partial charge on any atom is 0.230 e. The van der Waals surface area contributed by atoms with E-state index in [4.69, 9.17) is 9.26 Å². The summed E-state index contributed by atoms with van der Waals surface area (Å²) in [4.78, 5) is 4.30. The fourth-order valence-electron chi connectivity index (χ4n) is 1.69. The van der Waals surface area contributed by atoms with E-state index in [1.165, 1.54) is 5.56 Å². The molecule has 0 atom stereocenters. The highest BCUT2D eigenvalue weighted by Crippen LogP contribution is 2.12. The van der Waals surface area contributed by atoms with Crippen molar-refractivity contribution in [3.05, 3.63) is 41.5 Å². The molecule has 5 heteroatoms. The maximum atomic E-state index is 5.64. The first-order valence-corrected chi connectivity index (χ1v) is 6.43. The Balaban J connectivity index is 1.77. The molecule has 0 saturated carbocycles. The van der Waals surface area contributed by atoms with E-state index in [2.05, 4.69) is 15.5 Å². The lowest BCUT2D eigenvalue weighted by Gasteiger charge is -2.04. The largest absolute Gasteiger partial charge is 0.493 e. The fraction of sp³-hybridized carbons (Fsp3) is 0.429. The van der Waals surface area contributed by atoms with Gasteiger partial charge in [0.25, 0.3) is 0 Å². The number of nitrogens with one attached hydrogen (secondary N) is 1. The quantitative estimate of drug-likeness (QED) is 0.823. The highest BCUT2D eigenvalue weighted by molar-refractivity contribution is 5.27. The van der Waals surface area contributed by atoms with E-state index >= 15 is 0 Å². The second-order valence-corrected chi connectivity index (χ2v) is 4.37. The number of hydrogen-bond acceptors (Lipinski definition) is 5. The Morgan fingerprint density at radius 1 is 1.32 bits per heavy atom. The molecule has 102 valence electrons. The minimum absolute atomic E-state index is 0.539. The first-order chi connectivity index (χ1) is 9.28. The summed E-state index contributed by atoms with van der Waals surface area (Å²) in [5.74, 6) is 2.23. The summed E-state index contributed by atoms with van der Waals surface area (Å²) in [5, 5.41) is 6.96. The third kappa shape index (κ3) is 4.37. The van der Waals surface area contributed by atoms with Gasteiger partial charge in [0, 0.05) is 13.0 Å². The highest BCUT2D eigenvalue weighted by atomic mass is 16.5. The van der Waals surface area contributed by atoms with Crippen LogP contribution in [0.5, 0.6) is 5.75 Å². The lowest BCUT2D eigenvalue weighted by atomic mass is 10.2. The molecule has 1 N–H and O–H groups in total. The van der Waals surface area contributed by atoms with Crippen LogP contribution in [0.3, 0.4) is 0 Å². The van der Waals surface area contributed by atoms with Crippen molar-refractivity contribution in [1.29, 1.82) is 0 Å². The molecule has 0 fully saturated rings. The van der Waals surface area contributed by atoms with Gasteiger partial charge in [0.15, 0.2) is 5.82 Å². The van der Waals surface area contributed by atoms with Gasteiger partial charge in [0.05, 0.1) is 13.0 Å². The van der Waals surface area contributed by atoms with Gasteiger partial charge in [-0.3, -0.25) is 0 Å². The monoisotopic (exact) mass is 261 g/mol. The Bertz CT molecular complexity index is 511. The Morgan fingerprint density at radius 3 is 3.00 bits per heavy atom. The summed E-state index contributed by atoms with van der Waals surface area (Å²) in [5.41, 5.74) is 1.18. The summed E-state index contributed by atoms with van der Waals surface area (Å²) in [6, 6.07) is 7.97. The van der Waals surface area contributed by atoms with Crippen molar-refractivity contribution in [2.24, 2.45) is 0 Å². The lowest BCUT2D eigenvalue weighted by molar-refractivity contribution is 0.291. The molecule has 2 rings (SSSR count). The van der Waals surface area contributed by atoms with Gasteiger partial charge in [-0.2, -0.15) is 4.98 Å². The summed E-state index contributed by atoms with van der Waals surface area (Å²) in [7, 11) is 1.90. The van der Waals surface area contributed by atoms with Crippen molar-refractivity contribution >= 4 is 0 Å². The molecule has 0 spiro atoms. The van der Waals surface area contributed by atoms with Gasteiger partial charge >= 0.3 is 0 Å². The van der Waals surface area contributed by atoms with Crippen LogP contribution in [-0.2, 0) is 12.8 Å². The predicted molar refractivity (Wildman–Crippen MR) is 72.3 cm³/mol. The van der Waals surface area contributed by atoms with Crippen LogP contribution >= 0.6 is 0 Å². The zero-order valence-electron chi connectivity index (χ0n) is 11.3. The highest BCUT2D eigenvalue weighted by Gasteiger charge is 2.06. The van der Waals surface area contributed by atoms with Crippen molar-refractivity contribution in [2.45, 2.75) is 19.8 Å². The normalized spacial score (nSPS) is 10.6. The van der Waals surface area contributed by atoms with Crippen molar-refractivity contribution in [1.82, 2.24) is 15.5 Å². The van der Waals surface area contributed by atoms with Crippen molar-refractivity contribution in [3.63, 3.8) is 0 Å². The van der Waals surface area contributed by atoms with Crippen LogP contribution in [0.4, 0.5) is 0 Å². The number of aromatic nitrogens is 2. The summed E-state index contributed by atoms with van der Waals surface area (Å²) >= 11 is 0. The first-order valence-electron chi connectivity index (χ1n) is 6.43. The van der Waals surface area contributed by atoms with Crippen LogP contribution in [0.25, 0.3) is 0 Å². The van der Waals surface area contributed by atoms with Crippen molar-refractivity contribution in [3.8, 4) is 5.75 Å². The molecule has 0 saturated heterocycles. The molecule has 5 nitrogen and oxygen atoms in total.